The van der Waals surface area contributed by atoms with Crippen LogP contribution in [0.25, 0.3) is 0 Å². The van der Waals surface area contributed by atoms with Crippen LogP contribution in [0.1, 0.15) is 17.0 Å². The summed E-state index contributed by atoms with van der Waals surface area (Å²) in [5.74, 6) is 0. The summed E-state index contributed by atoms with van der Waals surface area (Å²) >= 11 is 6.65. The van der Waals surface area contributed by atoms with Crippen LogP contribution in [0.5, 0.6) is 0 Å². The summed E-state index contributed by atoms with van der Waals surface area (Å²) in [6, 6.07) is 8.86. The third-order valence-electron chi connectivity index (χ3n) is 2.89. The van der Waals surface area contributed by atoms with Crippen LogP contribution in [-0.4, -0.2) is 13.4 Å². The Hall–Kier alpha value is -0.760. The fourth-order valence-corrected chi connectivity index (χ4v) is 4.45. The first-order chi connectivity index (χ1) is 9.79. The molecule has 2 rings (SSSR count). The van der Waals surface area contributed by atoms with Gasteiger partial charge in [0.15, 0.2) is 0 Å². The van der Waals surface area contributed by atoms with Gasteiger partial charge >= 0.3 is 0 Å². The van der Waals surface area contributed by atoms with Crippen LogP contribution < -0.4 is 4.72 Å². The molecule has 0 saturated heterocycles. The van der Waals surface area contributed by atoms with Crippen molar-refractivity contribution in [2.75, 3.05) is 0 Å². The van der Waals surface area contributed by atoms with Crippen LogP contribution in [0.2, 0.25) is 0 Å². The van der Waals surface area contributed by atoms with E-state index in [-0.39, 0.29) is 11.4 Å². The molecular weight excluding hydrogens is 420 g/mol. The summed E-state index contributed by atoms with van der Waals surface area (Å²) in [5, 5.41) is 0. The number of halogens is 2. The molecule has 4 nitrogen and oxygen atoms in total. The molecule has 2 aromatic rings. The van der Waals surface area contributed by atoms with Crippen LogP contribution in [0.3, 0.4) is 0 Å². The van der Waals surface area contributed by atoms with Crippen LogP contribution in [0.15, 0.2) is 44.2 Å². The lowest BCUT2D eigenvalue weighted by Gasteiger charge is -2.10. The van der Waals surface area contributed by atoms with Crippen molar-refractivity contribution in [2.45, 2.75) is 25.3 Å². The van der Waals surface area contributed by atoms with Crippen molar-refractivity contribution in [2.24, 2.45) is 0 Å². The predicted octanol–water partition coefficient (Wildman–Crippen LogP) is 3.70. The Kier molecular flexibility index (Phi) is 5.19. The maximum absolute atomic E-state index is 12.4. The smallest absolute Gasteiger partial charge is 0.242 e. The van der Waals surface area contributed by atoms with Crippen molar-refractivity contribution in [1.82, 2.24) is 9.71 Å². The molecule has 0 atom stereocenters. The fraction of sp³-hybridized carbons (Fsp3) is 0.214. The number of benzene rings is 1. The minimum absolute atomic E-state index is 0.155. The van der Waals surface area contributed by atoms with Crippen LogP contribution >= 0.6 is 31.9 Å². The number of rotatable bonds is 4. The standard InChI is InChI=1S/C14H14Br2N2O2S/c1-9-6-13(16)14(7-12(9)15)21(19,20)17-8-11-5-3-4-10(2)18-11/h3-7,17H,8H2,1-2H3. The molecule has 0 aliphatic heterocycles. The van der Waals surface area contributed by atoms with Gasteiger partial charge in [0.1, 0.15) is 0 Å². The summed E-state index contributed by atoms with van der Waals surface area (Å²) in [6.45, 7) is 3.92. The highest BCUT2D eigenvalue weighted by molar-refractivity contribution is 9.11. The second kappa shape index (κ2) is 6.56. The highest BCUT2D eigenvalue weighted by Gasteiger charge is 2.19. The Bertz CT molecular complexity index is 777. The zero-order valence-electron chi connectivity index (χ0n) is 11.5. The molecule has 1 aromatic carbocycles. The van der Waals surface area contributed by atoms with Crippen molar-refractivity contribution >= 4 is 41.9 Å². The van der Waals surface area contributed by atoms with E-state index >= 15 is 0 Å². The average Bonchev–Trinajstić information content (AvgIpc) is 2.41. The number of nitrogens with one attached hydrogen (secondary N) is 1. The van der Waals surface area contributed by atoms with E-state index in [0.717, 1.165) is 15.7 Å². The zero-order valence-corrected chi connectivity index (χ0v) is 15.5. The number of pyridine rings is 1. The topological polar surface area (TPSA) is 59.1 Å². The molecule has 112 valence electrons. The second-order valence-electron chi connectivity index (χ2n) is 4.63. The van der Waals surface area contributed by atoms with Gasteiger partial charge in [0.05, 0.1) is 17.1 Å². The molecule has 0 aliphatic carbocycles. The maximum atomic E-state index is 12.4. The van der Waals surface area contributed by atoms with Gasteiger partial charge in [-0.15, -0.1) is 0 Å². The lowest BCUT2D eigenvalue weighted by atomic mass is 10.2. The molecule has 0 bridgehead atoms. The molecule has 0 fully saturated rings. The average molecular weight is 434 g/mol. The van der Waals surface area contributed by atoms with Crippen molar-refractivity contribution in [3.05, 3.63) is 56.2 Å². The molecule has 0 spiro atoms. The van der Waals surface area contributed by atoms with E-state index in [4.69, 9.17) is 0 Å². The second-order valence-corrected chi connectivity index (χ2v) is 8.07. The number of nitrogens with zero attached hydrogens (tertiary/aromatic N) is 1. The summed E-state index contributed by atoms with van der Waals surface area (Å²) in [5.41, 5.74) is 2.49. The lowest BCUT2D eigenvalue weighted by molar-refractivity contribution is 0.579. The van der Waals surface area contributed by atoms with Crippen LogP contribution in [-0.2, 0) is 16.6 Å². The number of aryl methyl sites for hydroxylation is 2. The predicted molar refractivity (Wildman–Crippen MR) is 89.6 cm³/mol. The Balaban J connectivity index is 2.25. The minimum atomic E-state index is -3.61. The SMILES string of the molecule is Cc1cccc(CNS(=O)(=O)c2cc(Br)c(C)cc2Br)n1. The first kappa shape index (κ1) is 16.6. The van der Waals surface area contributed by atoms with E-state index in [1.54, 1.807) is 18.2 Å². The highest BCUT2D eigenvalue weighted by Crippen LogP contribution is 2.28. The lowest BCUT2D eigenvalue weighted by Crippen LogP contribution is -2.24. The molecule has 1 N–H and O–H groups in total. The van der Waals surface area contributed by atoms with E-state index in [1.165, 1.54) is 0 Å². The Labute approximate surface area is 141 Å². The van der Waals surface area contributed by atoms with E-state index in [1.807, 2.05) is 26.0 Å². The molecule has 0 aliphatic rings. The number of aromatic nitrogens is 1. The van der Waals surface area contributed by atoms with Gasteiger partial charge in [-0.1, -0.05) is 22.0 Å². The third kappa shape index (κ3) is 4.12. The largest absolute Gasteiger partial charge is 0.257 e. The van der Waals surface area contributed by atoms with Crippen molar-refractivity contribution in [3.63, 3.8) is 0 Å². The quantitative estimate of drug-likeness (QED) is 0.799. The van der Waals surface area contributed by atoms with Gasteiger partial charge in [-0.05, 0) is 59.6 Å². The maximum Gasteiger partial charge on any atom is 0.242 e. The Morgan fingerprint density at radius 2 is 1.86 bits per heavy atom. The van der Waals surface area contributed by atoms with Gasteiger partial charge in [0.25, 0.3) is 0 Å². The minimum Gasteiger partial charge on any atom is -0.257 e. The zero-order chi connectivity index (χ0) is 15.6. The van der Waals surface area contributed by atoms with Crippen molar-refractivity contribution in [1.29, 1.82) is 0 Å². The summed E-state index contributed by atoms with van der Waals surface area (Å²) in [4.78, 5) is 4.48. The summed E-state index contributed by atoms with van der Waals surface area (Å²) < 4.78 is 28.6. The molecule has 7 heteroatoms. The first-order valence-corrected chi connectivity index (χ1v) is 9.24. The van der Waals surface area contributed by atoms with Crippen LogP contribution in [0, 0.1) is 13.8 Å². The van der Waals surface area contributed by atoms with E-state index < -0.39 is 10.0 Å². The van der Waals surface area contributed by atoms with E-state index in [9.17, 15) is 8.42 Å². The van der Waals surface area contributed by atoms with Gasteiger partial charge in [0.2, 0.25) is 10.0 Å². The Morgan fingerprint density at radius 1 is 1.14 bits per heavy atom. The number of sulfonamides is 1. The van der Waals surface area contributed by atoms with Crippen molar-refractivity contribution in [3.8, 4) is 0 Å². The van der Waals surface area contributed by atoms with Gasteiger partial charge < -0.3 is 0 Å². The third-order valence-corrected chi connectivity index (χ3v) is 6.11. The molecule has 0 amide bonds. The van der Waals surface area contributed by atoms with Gasteiger partial charge in [-0.2, -0.15) is 0 Å². The van der Waals surface area contributed by atoms with E-state index in [0.29, 0.717) is 10.2 Å². The number of hydrogen-bond acceptors (Lipinski definition) is 3. The molecule has 0 unspecified atom stereocenters. The molecule has 21 heavy (non-hydrogen) atoms. The molecule has 1 aromatic heterocycles. The van der Waals surface area contributed by atoms with E-state index in [2.05, 4.69) is 41.6 Å². The molecule has 0 saturated carbocycles. The summed E-state index contributed by atoms with van der Waals surface area (Å²) in [6.07, 6.45) is 0. The normalized spacial score (nSPS) is 11.6. The van der Waals surface area contributed by atoms with Gasteiger partial charge in [-0.3, -0.25) is 4.98 Å². The van der Waals surface area contributed by atoms with Gasteiger partial charge in [-0.25, -0.2) is 13.1 Å². The molecule has 1 heterocycles. The highest BCUT2D eigenvalue weighted by atomic mass is 79.9. The van der Waals surface area contributed by atoms with Crippen LogP contribution in [0.4, 0.5) is 0 Å². The first-order valence-electron chi connectivity index (χ1n) is 6.17. The molecular formula is C14H14Br2N2O2S. The number of hydrogen-bond donors (Lipinski definition) is 1. The van der Waals surface area contributed by atoms with Crippen molar-refractivity contribution < 1.29 is 8.42 Å². The fourth-order valence-electron chi connectivity index (χ4n) is 1.78. The Morgan fingerprint density at radius 3 is 2.52 bits per heavy atom. The molecule has 0 radical (unpaired) electrons. The van der Waals surface area contributed by atoms with Gasteiger partial charge in [0, 0.05) is 14.6 Å². The summed E-state index contributed by atoms with van der Waals surface area (Å²) in [7, 11) is -3.61. The monoisotopic (exact) mass is 432 g/mol.